The average molecular weight is 262 g/mol. The van der Waals surface area contributed by atoms with Crippen molar-refractivity contribution < 1.29 is 9.18 Å². The third-order valence-electron chi connectivity index (χ3n) is 4.19. The molecule has 2 aliphatic rings. The van der Waals surface area contributed by atoms with E-state index in [2.05, 4.69) is 10.6 Å². The first-order valence-electron chi connectivity index (χ1n) is 6.98. The number of amides is 1. The Hall–Kier alpha value is -1.42. The summed E-state index contributed by atoms with van der Waals surface area (Å²) >= 11 is 0. The maximum Gasteiger partial charge on any atom is 0.230 e. The zero-order valence-corrected chi connectivity index (χ0v) is 10.9. The largest absolute Gasteiger partial charge is 0.351 e. The maximum atomic E-state index is 13.3. The van der Waals surface area contributed by atoms with Crippen molar-refractivity contribution in [1.29, 1.82) is 0 Å². The summed E-state index contributed by atoms with van der Waals surface area (Å²) < 4.78 is 13.3. The van der Waals surface area contributed by atoms with Gasteiger partial charge >= 0.3 is 0 Å². The molecule has 4 heteroatoms. The predicted octanol–water partition coefficient (Wildman–Crippen LogP) is 1.73. The van der Waals surface area contributed by atoms with Crippen molar-refractivity contribution in [2.24, 2.45) is 0 Å². The normalized spacial score (nSPS) is 24.8. The first-order valence-corrected chi connectivity index (χ1v) is 6.98. The molecule has 3 rings (SSSR count). The van der Waals surface area contributed by atoms with Gasteiger partial charge in [-0.2, -0.15) is 0 Å². The highest BCUT2D eigenvalue weighted by Crippen LogP contribution is 2.48. The molecule has 1 saturated carbocycles. The minimum Gasteiger partial charge on any atom is -0.351 e. The second kappa shape index (κ2) is 4.93. The number of carbonyl (C=O) groups is 1. The molecule has 3 nitrogen and oxygen atoms in total. The lowest BCUT2D eigenvalue weighted by Crippen LogP contribution is -2.48. The first kappa shape index (κ1) is 12.6. The highest BCUT2D eigenvalue weighted by atomic mass is 19.1. The topological polar surface area (TPSA) is 41.1 Å². The third kappa shape index (κ3) is 2.50. The van der Waals surface area contributed by atoms with E-state index < -0.39 is 5.41 Å². The summed E-state index contributed by atoms with van der Waals surface area (Å²) in [5, 5.41) is 6.40. The van der Waals surface area contributed by atoms with E-state index in [0.29, 0.717) is 0 Å². The van der Waals surface area contributed by atoms with E-state index in [4.69, 9.17) is 0 Å². The highest BCUT2D eigenvalue weighted by molar-refractivity contribution is 5.91. The fourth-order valence-electron chi connectivity index (χ4n) is 2.86. The van der Waals surface area contributed by atoms with E-state index in [9.17, 15) is 9.18 Å². The molecule has 0 bridgehead atoms. The van der Waals surface area contributed by atoms with E-state index in [0.717, 1.165) is 44.3 Å². The molecule has 1 saturated heterocycles. The molecule has 102 valence electrons. The van der Waals surface area contributed by atoms with Crippen LogP contribution in [0, 0.1) is 5.82 Å². The van der Waals surface area contributed by atoms with Crippen molar-refractivity contribution in [2.45, 2.75) is 37.1 Å². The molecule has 1 aliphatic carbocycles. The van der Waals surface area contributed by atoms with E-state index in [1.807, 2.05) is 6.07 Å². The van der Waals surface area contributed by atoms with Crippen molar-refractivity contribution in [3.63, 3.8) is 0 Å². The minimum absolute atomic E-state index is 0.0619. The van der Waals surface area contributed by atoms with Gasteiger partial charge in [-0.25, -0.2) is 4.39 Å². The Labute approximate surface area is 112 Å². The molecular formula is C15H19FN2O. The summed E-state index contributed by atoms with van der Waals surface area (Å²) in [4.78, 5) is 12.4. The molecule has 2 N–H and O–H groups in total. The molecule has 0 spiro atoms. The standard InChI is InChI=1S/C15H19FN2O/c16-12-4-1-3-11(9-12)15(6-7-15)14(19)18-13-5-2-8-17-10-13/h1,3-4,9,13,17H,2,5-8,10H2,(H,18,19)/t13-/m0/s1. The van der Waals surface area contributed by atoms with Crippen molar-refractivity contribution in [1.82, 2.24) is 10.6 Å². The molecule has 0 unspecified atom stereocenters. The van der Waals surface area contributed by atoms with Gasteiger partial charge in [0.25, 0.3) is 0 Å². The Kier molecular flexibility index (Phi) is 3.27. The van der Waals surface area contributed by atoms with Crippen LogP contribution in [-0.2, 0) is 10.2 Å². The van der Waals surface area contributed by atoms with Gasteiger partial charge in [-0.15, -0.1) is 0 Å². The quantitative estimate of drug-likeness (QED) is 0.871. The van der Waals surface area contributed by atoms with Crippen molar-refractivity contribution in [2.75, 3.05) is 13.1 Å². The lowest BCUT2D eigenvalue weighted by atomic mass is 9.94. The van der Waals surface area contributed by atoms with Gasteiger partial charge in [0.05, 0.1) is 5.41 Å². The molecule has 19 heavy (non-hydrogen) atoms. The van der Waals surface area contributed by atoms with Crippen LogP contribution in [0.5, 0.6) is 0 Å². The van der Waals surface area contributed by atoms with Crippen LogP contribution in [0.25, 0.3) is 0 Å². The Bertz CT molecular complexity index is 479. The lowest BCUT2D eigenvalue weighted by Gasteiger charge is -2.26. The molecule has 0 radical (unpaired) electrons. The van der Waals surface area contributed by atoms with Crippen LogP contribution in [-0.4, -0.2) is 25.0 Å². The third-order valence-corrected chi connectivity index (χ3v) is 4.19. The molecule has 1 aromatic carbocycles. The SMILES string of the molecule is O=C(N[C@H]1CCCNC1)C1(c2cccc(F)c2)CC1. The number of piperidine rings is 1. The first-order chi connectivity index (χ1) is 9.21. The average Bonchev–Trinajstić information content (AvgIpc) is 3.21. The predicted molar refractivity (Wildman–Crippen MR) is 71.3 cm³/mol. The van der Waals surface area contributed by atoms with Gasteiger partial charge in [0, 0.05) is 12.6 Å². The van der Waals surface area contributed by atoms with E-state index in [1.165, 1.54) is 12.1 Å². The van der Waals surface area contributed by atoms with Crippen molar-refractivity contribution in [3.05, 3.63) is 35.6 Å². The van der Waals surface area contributed by atoms with Crippen LogP contribution in [0.4, 0.5) is 4.39 Å². The summed E-state index contributed by atoms with van der Waals surface area (Å²) in [6.07, 6.45) is 3.76. The zero-order chi connectivity index (χ0) is 13.3. The molecule has 1 heterocycles. The van der Waals surface area contributed by atoms with Gasteiger partial charge in [0.15, 0.2) is 0 Å². The van der Waals surface area contributed by atoms with Gasteiger partial charge in [-0.3, -0.25) is 4.79 Å². The Morgan fingerprint density at radius 1 is 1.42 bits per heavy atom. The summed E-state index contributed by atoms with van der Waals surface area (Å²) in [7, 11) is 0. The number of nitrogens with one attached hydrogen (secondary N) is 2. The van der Waals surface area contributed by atoms with Crippen LogP contribution < -0.4 is 10.6 Å². The second-order valence-electron chi connectivity index (χ2n) is 5.61. The molecule has 1 amide bonds. The van der Waals surface area contributed by atoms with Crippen molar-refractivity contribution in [3.8, 4) is 0 Å². The second-order valence-corrected chi connectivity index (χ2v) is 5.61. The van der Waals surface area contributed by atoms with E-state index >= 15 is 0 Å². The van der Waals surface area contributed by atoms with Gasteiger partial charge in [0.1, 0.15) is 5.82 Å². The van der Waals surface area contributed by atoms with Crippen molar-refractivity contribution >= 4 is 5.91 Å². The summed E-state index contributed by atoms with van der Waals surface area (Å²) in [6.45, 7) is 1.87. The number of rotatable bonds is 3. The molecule has 0 aromatic heterocycles. The molecular weight excluding hydrogens is 243 g/mol. The Balaban J connectivity index is 1.71. The van der Waals surface area contributed by atoms with E-state index in [1.54, 1.807) is 6.07 Å². The lowest BCUT2D eigenvalue weighted by molar-refractivity contribution is -0.124. The van der Waals surface area contributed by atoms with Crippen LogP contribution >= 0.6 is 0 Å². The number of hydrogen-bond donors (Lipinski definition) is 2. The van der Waals surface area contributed by atoms with Crippen LogP contribution in [0.15, 0.2) is 24.3 Å². The summed E-state index contributed by atoms with van der Waals surface area (Å²) in [6, 6.07) is 6.66. The molecule has 1 atom stereocenters. The van der Waals surface area contributed by atoms with Crippen LogP contribution in [0.3, 0.4) is 0 Å². The van der Waals surface area contributed by atoms with E-state index in [-0.39, 0.29) is 17.8 Å². The van der Waals surface area contributed by atoms with Crippen LogP contribution in [0.2, 0.25) is 0 Å². The summed E-state index contributed by atoms with van der Waals surface area (Å²) in [5.41, 5.74) is 0.341. The van der Waals surface area contributed by atoms with Gasteiger partial charge in [-0.1, -0.05) is 12.1 Å². The zero-order valence-electron chi connectivity index (χ0n) is 10.9. The van der Waals surface area contributed by atoms with Gasteiger partial charge < -0.3 is 10.6 Å². The molecule has 2 fully saturated rings. The maximum absolute atomic E-state index is 13.3. The number of hydrogen-bond acceptors (Lipinski definition) is 2. The fraction of sp³-hybridized carbons (Fsp3) is 0.533. The van der Waals surface area contributed by atoms with Gasteiger partial charge in [-0.05, 0) is 49.9 Å². The Morgan fingerprint density at radius 3 is 2.89 bits per heavy atom. The molecule has 1 aliphatic heterocycles. The Morgan fingerprint density at radius 2 is 2.26 bits per heavy atom. The smallest absolute Gasteiger partial charge is 0.230 e. The fourth-order valence-corrected chi connectivity index (χ4v) is 2.86. The van der Waals surface area contributed by atoms with Crippen LogP contribution in [0.1, 0.15) is 31.2 Å². The number of halogens is 1. The molecule has 1 aromatic rings. The number of benzene rings is 1. The summed E-state index contributed by atoms with van der Waals surface area (Å²) in [5.74, 6) is -0.206. The minimum atomic E-state index is -0.473. The number of carbonyl (C=O) groups excluding carboxylic acids is 1. The highest BCUT2D eigenvalue weighted by Gasteiger charge is 2.51. The van der Waals surface area contributed by atoms with Gasteiger partial charge in [0.2, 0.25) is 5.91 Å². The monoisotopic (exact) mass is 262 g/mol.